The first kappa shape index (κ1) is 28.3. The molecule has 0 radical (unpaired) electrons. The van der Waals surface area contributed by atoms with Gasteiger partial charge in [0, 0.05) is 42.3 Å². The third-order valence-electron chi connectivity index (χ3n) is 6.26. The number of pyridine rings is 1. The Balaban J connectivity index is 1.86. The molecule has 0 aliphatic carbocycles. The summed E-state index contributed by atoms with van der Waals surface area (Å²) in [7, 11) is 2.96. The number of benzene rings is 1. The highest BCUT2D eigenvalue weighted by atomic mass is 35.5. The molecule has 0 saturated carbocycles. The van der Waals surface area contributed by atoms with Crippen molar-refractivity contribution < 1.29 is 19.0 Å². The number of piperidine rings is 1. The van der Waals surface area contributed by atoms with E-state index in [4.69, 9.17) is 37.4 Å². The largest absolute Gasteiger partial charge is 0.495 e. The third-order valence-corrected chi connectivity index (χ3v) is 7.57. The van der Waals surface area contributed by atoms with Crippen LogP contribution in [0.3, 0.4) is 0 Å². The lowest BCUT2D eigenvalue weighted by Gasteiger charge is -2.34. The van der Waals surface area contributed by atoms with Crippen LogP contribution in [0.25, 0.3) is 22.2 Å². The van der Waals surface area contributed by atoms with Crippen LogP contribution < -0.4 is 15.0 Å². The van der Waals surface area contributed by atoms with Crippen molar-refractivity contribution in [3.8, 4) is 22.6 Å². The summed E-state index contributed by atoms with van der Waals surface area (Å²) in [6, 6.07) is 3.05. The highest BCUT2D eigenvalue weighted by Crippen LogP contribution is 2.45. The summed E-state index contributed by atoms with van der Waals surface area (Å²) >= 11 is 14.8. The fraction of sp³-hybridized carbons (Fsp3) is 0.462. The average Bonchev–Trinajstić information content (AvgIpc) is 2.88. The Morgan fingerprint density at radius 1 is 1.08 bits per heavy atom. The zero-order chi connectivity index (χ0) is 27.8. The van der Waals surface area contributed by atoms with Crippen LogP contribution in [-0.2, 0) is 4.74 Å². The second-order valence-corrected chi connectivity index (χ2v) is 11.4. The molecule has 1 aliphatic rings. The highest BCUT2D eigenvalue weighted by molar-refractivity contribution is 7.98. The van der Waals surface area contributed by atoms with E-state index in [0.717, 1.165) is 0 Å². The Bertz CT molecular complexity index is 1400. The van der Waals surface area contributed by atoms with Crippen molar-refractivity contribution in [1.82, 2.24) is 19.4 Å². The predicted octanol–water partition coefficient (Wildman–Crippen LogP) is 6.08. The van der Waals surface area contributed by atoms with Crippen LogP contribution in [0.5, 0.6) is 11.5 Å². The minimum atomic E-state index is -0.586. The van der Waals surface area contributed by atoms with Gasteiger partial charge in [0.2, 0.25) is 0 Å². The number of methoxy groups -OCH3 is 2. The topological polar surface area (TPSA) is 95.8 Å². The maximum absolute atomic E-state index is 14.2. The number of hydrogen-bond acceptors (Lipinski definition) is 8. The van der Waals surface area contributed by atoms with Gasteiger partial charge >= 0.3 is 6.09 Å². The molecule has 3 aromatic rings. The van der Waals surface area contributed by atoms with Gasteiger partial charge in [-0.15, -0.1) is 0 Å². The molecule has 1 aromatic carbocycles. The Labute approximate surface area is 235 Å². The van der Waals surface area contributed by atoms with E-state index in [1.165, 1.54) is 26.0 Å². The van der Waals surface area contributed by atoms with Gasteiger partial charge in [-0.05, 0) is 45.9 Å². The number of hydrogen-bond donors (Lipinski definition) is 0. The van der Waals surface area contributed by atoms with E-state index in [9.17, 15) is 9.59 Å². The normalized spacial score (nSPS) is 14.6. The number of nitrogens with zero attached hydrogens (tertiary/aromatic N) is 4. The van der Waals surface area contributed by atoms with Crippen LogP contribution in [0.1, 0.15) is 39.7 Å². The van der Waals surface area contributed by atoms with Gasteiger partial charge in [-0.3, -0.25) is 9.36 Å². The van der Waals surface area contributed by atoms with E-state index in [1.807, 2.05) is 27.0 Å². The van der Waals surface area contributed by atoms with E-state index in [-0.39, 0.29) is 33.3 Å². The number of carbonyl (C=O) groups excluding carboxylic acids is 1. The zero-order valence-electron chi connectivity index (χ0n) is 22.1. The van der Waals surface area contributed by atoms with E-state index in [1.54, 1.807) is 27.8 Å². The lowest BCUT2D eigenvalue weighted by molar-refractivity contribution is 0.0188. The summed E-state index contributed by atoms with van der Waals surface area (Å²) in [5.74, 6) is 0.655. The van der Waals surface area contributed by atoms with Gasteiger partial charge in [0.15, 0.2) is 5.16 Å². The molecule has 4 rings (SSSR count). The monoisotopic (exact) mass is 580 g/mol. The third kappa shape index (κ3) is 5.53. The number of ether oxygens (including phenoxy) is 3. The first-order chi connectivity index (χ1) is 18.0. The number of amides is 1. The lowest BCUT2D eigenvalue weighted by atomic mass is 10.0. The van der Waals surface area contributed by atoms with Crippen LogP contribution in [0, 0.1) is 0 Å². The number of thioether (sulfide) groups is 1. The van der Waals surface area contributed by atoms with Gasteiger partial charge < -0.3 is 19.1 Å². The number of aromatic nitrogens is 3. The SMILES string of the molecule is COc1cc(OC)c(Cl)c(-c2cc3cnc(SC)nc3n(C3CCN(C(=O)OC(C)(C)C)CC3)c2=O)c1Cl. The number of rotatable bonds is 5. The van der Waals surface area contributed by atoms with Crippen LogP contribution in [0.15, 0.2) is 28.3 Å². The molecule has 0 N–H and O–H groups in total. The summed E-state index contributed by atoms with van der Waals surface area (Å²) in [6.45, 7) is 6.38. The van der Waals surface area contributed by atoms with E-state index >= 15 is 0 Å². The second kappa shape index (κ2) is 11.2. The van der Waals surface area contributed by atoms with Crippen molar-refractivity contribution in [3.05, 3.63) is 38.7 Å². The van der Waals surface area contributed by atoms with E-state index in [0.29, 0.717) is 59.2 Å². The van der Waals surface area contributed by atoms with Gasteiger partial charge in [-0.1, -0.05) is 35.0 Å². The fourth-order valence-electron chi connectivity index (χ4n) is 4.48. The number of fused-ring (bicyclic) bond motifs is 1. The quantitative estimate of drug-likeness (QED) is 0.265. The van der Waals surface area contributed by atoms with Crippen molar-refractivity contribution in [2.75, 3.05) is 33.6 Å². The lowest BCUT2D eigenvalue weighted by Crippen LogP contribution is -2.43. The molecule has 204 valence electrons. The Kier molecular flexibility index (Phi) is 8.34. The minimum absolute atomic E-state index is 0.197. The minimum Gasteiger partial charge on any atom is -0.495 e. The average molecular weight is 582 g/mol. The van der Waals surface area contributed by atoms with Crippen LogP contribution in [0.4, 0.5) is 4.79 Å². The van der Waals surface area contributed by atoms with Crippen LogP contribution >= 0.6 is 35.0 Å². The molecule has 0 bridgehead atoms. The predicted molar refractivity (Wildman–Crippen MR) is 150 cm³/mol. The van der Waals surface area contributed by atoms with Crippen LogP contribution in [-0.4, -0.2) is 64.7 Å². The summed E-state index contributed by atoms with van der Waals surface area (Å²) in [5, 5.41) is 1.59. The molecular formula is C26H30Cl2N4O5S. The summed E-state index contributed by atoms with van der Waals surface area (Å²) < 4.78 is 18.1. The van der Waals surface area contributed by atoms with Gasteiger partial charge in [0.05, 0.1) is 29.8 Å². The smallest absolute Gasteiger partial charge is 0.410 e. The fourth-order valence-corrected chi connectivity index (χ4v) is 5.52. The van der Waals surface area contributed by atoms with Crippen LogP contribution in [0.2, 0.25) is 10.0 Å². The second-order valence-electron chi connectivity index (χ2n) is 9.85. The number of likely N-dealkylation sites (tertiary alicyclic amines) is 1. The molecule has 9 nitrogen and oxygen atoms in total. The molecule has 1 saturated heterocycles. The molecule has 0 unspecified atom stereocenters. The van der Waals surface area contributed by atoms with Gasteiger partial charge in [-0.2, -0.15) is 0 Å². The maximum atomic E-state index is 14.2. The highest BCUT2D eigenvalue weighted by Gasteiger charge is 2.30. The number of halogens is 2. The molecule has 0 spiro atoms. The number of carbonyl (C=O) groups is 1. The zero-order valence-corrected chi connectivity index (χ0v) is 24.5. The van der Waals surface area contributed by atoms with Gasteiger partial charge in [0.25, 0.3) is 5.56 Å². The summed E-state index contributed by atoms with van der Waals surface area (Å²) in [6.07, 6.45) is 4.27. The Hall–Kier alpha value is -2.69. The molecule has 3 heterocycles. The molecule has 1 aliphatic heterocycles. The van der Waals surface area contributed by atoms with Crippen molar-refractivity contribution >= 4 is 52.1 Å². The van der Waals surface area contributed by atoms with Gasteiger partial charge in [-0.25, -0.2) is 14.8 Å². The van der Waals surface area contributed by atoms with E-state index in [2.05, 4.69) is 9.97 Å². The Morgan fingerprint density at radius 3 is 2.21 bits per heavy atom. The summed E-state index contributed by atoms with van der Waals surface area (Å²) in [5.41, 5.74) is 0.204. The van der Waals surface area contributed by atoms with Crippen molar-refractivity contribution in [1.29, 1.82) is 0 Å². The molecule has 1 amide bonds. The molecule has 12 heteroatoms. The molecule has 1 fully saturated rings. The Morgan fingerprint density at radius 2 is 1.68 bits per heavy atom. The van der Waals surface area contributed by atoms with E-state index < -0.39 is 5.60 Å². The maximum Gasteiger partial charge on any atom is 0.410 e. The molecule has 38 heavy (non-hydrogen) atoms. The van der Waals surface area contributed by atoms with Crippen molar-refractivity contribution in [2.45, 2.75) is 50.4 Å². The van der Waals surface area contributed by atoms with Gasteiger partial charge in [0.1, 0.15) is 22.7 Å². The summed E-state index contributed by atoms with van der Waals surface area (Å²) in [4.78, 5) is 37.5. The van der Waals surface area contributed by atoms with Crippen molar-refractivity contribution in [2.24, 2.45) is 0 Å². The standard InChI is InChI=1S/C26H30Cl2N4O5S/c1-26(2,3)37-25(34)31-9-7-15(8-10-31)32-22-14(13-29-24(30-22)38-6)11-16(23(32)33)19-20(27)17(35-4)12-18(36-5)21(19)28/h11-13,15H,7-10H2,1-6H3. The molecular weight excluding hydrogens is 551 g/mol. The first-order valence-corrected chi connectivity index (χ1v) is 14.0. The molecule has 0 atom stereocenters. The first-order valence-electron chi connectivity index (χ1n) is 12.0. The van der Waals surface area contributed by atoms with Crippen molar-refractivity contribution in [3.63, 3.8) is 0 Å². The molecule has 2 aromatic heterocycles.